The average Bonchev–Trinajstić information content (AvgIpc) is 3.21. The van der Waals surface area contributed by atoms with E-state index < -0.39 is 6.04 Å². The van der Waals surface area contributed by atoms with Crippen molar-refractivity contribution < 1.29 is 14.1 Å². The number of piperazine rings is 1. The van der Waals surface area contributed by atoms with E-state index in [1.54, 1.807) is 23.2 Å². The summed E-state index contributed by atoms with van der Waals surface area (Å²) in [6.45, 7) is 9.32. The third kappa shape index (κ3) is 3.27. The summed E-state index contributed by atoms with van der Waals surface area (Å²) in [4.78, 5) is 30.2. The molecule has 2 aromatic heterocycles. The number of amides is 2. The van der Waals surface area contributed by atoms with Crippen molar-refractivity contribution in [1.82, 2.24) is 20.3 Å². The topological polar surface area (TPSA) is 78.7 Å². The maximum atomic E-state index is 13.0. The van der Waals surface area contributed by atoms with E-state index in [0.717, 1.165) is 54.2 Å². The maximum Gasteiger partial charge on any atom is 0.255 e. The SMILES string of the molecule is Cc1noc(C)c1CN1CCc2c(C(=O)N3CCNC(=O)[C@H]3C)csc2C1. The fourth-order valence-electron chi connectivity index (χ4n) is 3.86. The highest BCUT2D eigenvalue weighted by atomic mass is 32.1. The number of hydrogen-bond donors (Lipinski definition) is 1. The lowest BCUT2D eigenvalue weighted by atomic mass is 10.0. The lowest BCUT2D eigenvalue weighted by Crippen LogP contribution is -2.55. The summed E-state index contributed by atoms with van der Waals surface area (Å²) in [6, 6.07) is -0.415. The Bertz CT molecular complexity index is 868. The van der Waals surface area contributed by atoms with E-state index in [1.807, 2.05) is 19.2 Å². The second-order valence-electron chi connectivity index (χ2n) is 7.28. The molecular weight excluding hydrogens is 364 g/mol. The molecule has 0 spiro atoms. The molecule has 144 valence electrons. The lowest BCUT2D eigenvalue weighted by Gasteiger charge is -2.33. The molecule has 0 saturated carbocycles. The molecule has 0 aromatic carbocycles. The Hall–Kier alpha value is -2.19. The number of carbonyl (C=O) groups is 2. The first-order chi connectivity index (χ1) is 13.0. The van der Waals surface area contributed by atoms with Crippen molar-refractivity contribution in [1.29, 1.82) is 0 Å². The number of nitrogens with one attached hydrogen (secondary N) is 1. The standard InChI is InChI=1S/C19H24N4O3S/c1-11-15(13(3)26-21-11)8-22-6-4-14-16(10-27-17(14)9-22)19(25)23-7-5-20-18(24)12(23)2/h10,12H,4-9H2,1-3H3,(H,20,24)/t12-/m1/s1. The van der Waals surface area contributed by atoms with E-state index in [9.17, 15) is 9.59 Å². The van der Waals surface area contributed by atoms with Gasteiger partial charge in [0.15, 0.2) is 0 Å². The molecule has 1 saturated heterocycles. The molecule has 0 bridgehead atoms. The summed E-state index contributed by atoms with van der Waals surface area (Å²) in [5.41, 5.74) is 4.02. The zero-order chi connectivity index (χ0) is 19.1. The fourth-order valence-corrected chi connectivity index (χ4v) is 4.98. The van der Waals surface area contributed by atoms with Gasteiger partial charge >= 0.3 is 0 Å². The number of aromatic nitrogens is 1. The van der Waals surface area contributed by atoms with Crippen LogP contribution in [-0.4, -0.2) is 52.4 Å². The largest absolute Gasteiger partial charge is 0.361 e. The van der Waals surface area contributed by atoms with Crippen molar-refractivity contribution in [3.63, 3.8) is 0 Å². The van der Waals surface area contributed by atoms with Crippen LogP contribution in [0.15, 0.2) is 9.90 Å². The van der Waals surface area contributed by atoms with Gasteiger partial charge in [0.05, 0.1) is 11.3 Å². The first-order valence-electron chi connectivity index (χ1n) is 9.27. The zero-order valence-electron chi connectivity index (χ0n) is 15.9. The smallest absolute Gasteiger partial charge is 0.255 e. The minimum atomic E-state index is -0.415. The summed E-state index contributed by atoms with van der Waals surface area (Å²) >= 11 is 1.64. The van der Waals surface area contributed by atoms with Crippen LogP contribution < -0.4 is 5.32 Å². The van der Waals surface area contributed by atoms with Gasteiger partial charge in [-0.05, 0) is 32.8 Å². The first-order valence-corrected chi connectivity index (χ1v) is 10.2. The van der Waals surface area contributed by atoms with Gasteiger partial charge in [-0.25, -0.2) is 0 Å². The average molecular weight is 388 g/mol. The monoisotopic (exact) mass is 388 g/mol. The molecule has 0 radical (unpaired) electrons. The Balaban J connectivity index is 1.50. The van der Waals surface area contributed by atoms with Crippen LogP contribution in [0.25, 0.3) is 0 Å². The number of aryl methyl sites for hydroxylation is 2. The van der Waals surface area contributed by atoms with Gasteiger partial charge in [-0.3, -0.25) is 14.5 Å². The third-order valence-corrected chi connectivity index (χ3v) is 6.59. The van der Waals surface area contributed by atoms with Crippen LogP contribution in [-0.2, 0) is 24.3 Å². The van der Waals surface area contributed by atoms with Crippen molar-refractivity contribution in [2.45, 2.75) is 46.3 Å². The predicted octanol–water partition coefficient (Wildman–Crippen LogP) is 1.87. The van der Waals surface area contributed by atoms with Crippen LogP contribution in [0.4, 0.5) is 0 Å². The van der Waals surface area contributed by atoms with E-state index in [1.165, 1.54) is 4.88 Å². The van der Waals surface area contributed by atoms with Crippen LogP contribution in [0, 0.1) is 13.8 Å². The summed E-state index contributed by atoms with van der Waals surface area (Å²) in [7, 11) is 0. The molecule has 1 atom stereocenters. The molecule has 1 N–H and O–H groups in total. The van der Waals surface area contributed by atoms with Crippen LogP contribution in [0.2, 0.25) is 0 Å². The normalized spacial score (nSPS) is 20.5. The zero-order valence-corrected chi connectivity index (χ0v) is 16.7. The lowest BCUT2D eigenvalue weighted by molar-refractivity contribution is -0.127. The van der Waals surface area contributed by atoms with Gasteiger partial charge in [0.25, 0.3) is 5.91 Å². The van der Waals surface area contributed by atoms with E-state index >= 15 is 0 Å². The molecule has 2 amide bonds. The van der Waals surface area contributed by atoms with Crippen molar-refractivity contribution in [2.75, 3.05) is 19.6 Å². The number of thiophene rings is 1. The Labute approximate surface area is 162 Å². The molecular formula is C19H24N4O3S. The minimum Gasteiger partial charge on any atom is -0.361 e. The first kappa shape index (κ1) is 18.2. The van der Waals surface area contributed by atoms with Crippen molar-refractivity contribution >= 4 is 23.2 Å². The van der Waals surface area contributed by atoms with Crippen LogP contribution >= 0.6 is 11.3 Å². The molecule has 4 heterocycles. The van der Waals surface area contributed by atoms with Gasteiger partial charge in [0.1, 0.15) is 11.8 Å². The molecule has 7 nitrogen and oxygen atoms in total. The number of hydrogen-bond acceptors (Lipinski definition) is 6. The van der Waals surface area contributed by atoms with Crippen LogP contribution in [0.1, 0.15) is 44.7 Å². The molecule has 2 aliphatic rings. The Morgan fingerprint density at radius 1 is 1.41 bits per heavy atom. The van der Waals surface area contributed by atoms with Crippen molar-refractivity contribution in [3.8, 4) is 0 Å². The van der Waals surface area contributed by atoms with Gasteiger partial charge in [-0.2, -0.15) is 0 Å². The molecule has 0 aliphatic carbocycles. The summed E-state index contributed by atoms with van der Waals surface area (Å²) < 4.78 is 5.27. The highest BCUT2D eigenvalue weighted by Gasteiger charge is 2.33. The Morgan fingerprint density at radius 3 is 2.96 bits per heavy atom. The molecule has 0 unspecified atom stereocenters. The van der Waals surface area contributed by atoms with Gasteiger partial charge in [0, 0.05) is 48.5 Å². The summed E-state index contributed by atoms with van der Waals surface area (Å²) in [6.07, 6.45) is 0.845. The van der Waals surface area contributed by atoms with E-state index in [0.29, 0.717) is 13.1 Å². The Morgan fingerprint density at radius 2 is 2.22 bits per heavy atom. The van der Waals surface area contributed by atoms with Crippen LogP contribution in [0.5, 0.6) is 0 Å². The van der Waals surface area contributed by atoms with Gasteiger partial charge in [-0.1, -0.05) is 5.16 Å². The quantitative estimate of drug-likeness (QED) is 0.869. The fraction of sp³-hybridized carbons (Fsp3) is 0.526. The number of nitrogens with zero attached hydrogens (tertiary/aromatic N) is 3. The van der Waals surface area contributed by atoms with Gasteiger partial charge < -0.3 is 14.7 Å². The maximum absolute atomic E-state index is 13.0. The molecule has 2 aliphatic heterocycles. The van der Waals surface area contributed by atoms with Gasteiger partial charge in [0.2, 0.25) is 5.91 Å². The number of fused-ring (bicyclic) bond motifs is 1. The second-order valence-corrected chi connectivity index (χ2v) is 8.24. The highest BCUT2D eigenvalue weighted by molar-refractivity contribution is 7.10. The Kier molecular flexibility index (Phi) is 4.77. The summed E-state index contributed by atoms with van der Waals surface area (Å²) in [5, 5.41) is 8.81. The molecule has 2 aromatic rings. The second kappa shape index (κ2) is 7.09. The van der Waals surface area contributed by atoms with E-state index in [-0.39, 0.29) is 11.8 Å². The van der Waals surface area contributed by atoms with Crippen molar-refractivity contribution in [3.05, 3.63) is 38.4 Å². The molecule has 4 rings (SSSR count). The van der Waals surface area contributed by atoms with Crippen molar-refractivity contribution in [2.24, 2.45) is 0 Å². The van der Waals surface area contributed by atoms with E-state index in [4.69, 9.17) is 4.52 Å². The number of carbonyl (C=O) groups excluding carboxylic acids is 2. The number of rotatable bonds is 3. The molecule has 1 fully saturated rings. The molecule has 8 heteroatoms. The minimum absolute atomic E-state index is 0.0194. The third-order valence-electron chi connectivity index (χ3n) is 5.58. The van der Waals surface area contributed by atoms with Crippen LogP contribution in [0.3, 0.4) is 0 Å². The molecule has 27 heavy (non-hydrogen) atoms. The summed E-state index contributed by atoms with van der Waals surface area (Å²) in [5.74, 6) is 0.774. The predicted molar refractivity (Wildman–Crippen MR) is 102 cm³/mol. The van der Waals surface area contributed by atoms with Gasteiger partial charge in [-0.15, -0.1) is 11.3 Å². The highest BCUT2D eigenvalue weighted by Crippen LogP contribution is 2.31. The van der Waals surface area contributed by atoms with E-state index in [2.05, 4.69) is 15.4 Å².